The van der Waals surface area contributed by atoms with Gasteiger partial charge >= 0.3 is 0 Å². The number of ketones is 1. The molecule has 19 heavy (non-hydrogen) atoms. The quantitative estimate of drug-likeness (QED) is 0.783. The number of aryl methyl sites for hydroxylation is 1. The van der Waals surface area contributed by atoms with Crippen LogP contribution < -0.4 is 0 Å². The van der Waals surface area contributed by atoms with Crippen molar-refractivity contribution in [1.29, 1.82) is 0 Å². The first kappa shape index (κ1) is 14.2. The van der Waals surface area contributed by atoms with Crippen molar-refractivity contribution in [3.05, 3.63) is 11.9 Å². The Balaban J connectivity index is 2.16. The summed E-state index contributed by atoms with van der Waals surface area (Å²) in [6, 6.07) is 0. The summed E-state index contributed by atoms with van der Waals surface area (Å²) in [5.41, 5.74) is 0.534. The highest BCUT2D eigenvalue weighted by Gasteiger charge is 2.44. The smallest absolute Gasteiger partial charge is 0.159 e. The van der Waals surface area contributed by atoms with Gasteiger partial charge in [0.2, 0.25) is 0 Å². The molecule has 0 amide bonds. The maximum Gasteiger partial charge on any atom is 0.159 e. The zero-order valence-corrected chi connectivity index (χ0v) is 12.2. The summed E-state index contributed by atoms with van der Waals surface area (Å²) in [4.78, 5) is 15.1. The molecule has 106 valence electrons. The molecule has 5 heteroatoms. The van der Waals surface area contributed by atoms with E-state index in [9.17, 15) is 4.79 Å². The Morgan fingerprint density at radius 2 is 2.00 bits per heavy atom. The lowest BCUT2D eigenvalue weighted by molar-refractivity contribution is -0.130. The van der Waals surface area contributed by atoms with E-state index in [0.717, 1.165) is 44.5 Å². The Morgan fingerprint density at radius 1 is 1.37 bits per heavy atom. The van der Waals surface area contributed by atoms with Gasteiger partial charge < -0.3 is 0 Å². The molecule has 1 aliphatic rings. The van der Waals surface area contributed by atoms with Crippen LogP contribution in [-0.2, 0) is 18.3 Å². The molecule has 0 bridgehead atoms. The maximum atomic E-state index is 12.8. The normalized spacial score (nSPS) is 18.1. The zero-order valence-electron chi connectivity index (χ0n) is 12.2. The van der Waals surface area contributed by atoms with Crippen molar-refractivity contribution in [2.75, 3.05) is 13.1 Å². The molecule has 1 aromatic rings. The molecule has 0 N–H and O–H groups in total. The summed E-state index contributed by atoms with van der Waals surface area (Å²) < 4.78 is 1.65. The molecule has 0 spiro atoms. The first-order valence-electron chi connectivity index (χ1n) is 7.26. The van der Waals surface area contributed by atoms with Crippen molar-refractivity contribution in [3.63, 3.8) is 0 Å². The average molecular weight is 264 g/mol. The van der Waals surface area contributed by atoms with E-state index in [4.69, 9.17) is 0 Å². The van der Waals surface area contributed by atoms with Crippen molar-refractivity contribution < 1.29 is 4.79 Å². The minimum Gasteiger partial charge on any atom is -0.297 e. The van der Waals surface area contributed by atoms with Gasteiger partial charge in [-0.1, -0.05) is 31.9 Å². The van der Waals surface area contributed by atoms with E-state index in [-0.39, 0.29) is 5.54 Å². The second-order valence-electron chi connectivity index (χ2n) is 5.39. The number of rotatable bonds is 6. The maximum absolute atomic E-state index is 12.8. The van der Waals surface area contributed by atoms with E-state index in [1.54, 1.807) is 4.68 Å². The Kier molecular flexibility index (Phi) is 4.34. The second-order valence-corrected chi connectivity index (χ2v) is 5.39. The molecule has 1 fully saturated rings. The molecular weight excluding hydrogens is 240 g/mol. The Labute approximate surface area is 115 Å². The first-order chi connectivity index (χ1) is 9.12. The van der Waals surface area contributed by atoms with E-state index >= 15 is 0 Å². The van der Waals surface area contributed by atoms with E-state index in [2.05, 4.69) is 29.1 Å². The Bertz CT molecular complexity index is 430. The van der Waals surface area contributed by atoms with E-state index < -0.39 is 0 Å². The van der Waals surface area contributed by atoms with E-state index in [1.807, 2.05) is 13.2 Å². The van der Waals surface area contributed by atoms with Crippen LogP contribution in [0.2, 0.25) is 0 Å². The summed E-state index contributed by atoms with van der Waals surface area (Å²) in [7, 11) is 1.83. The van der Waals surface area contributed by atoms with Crippen LogP contribution in [0.25, 0.3) is 0 Å². The molecular formula is C14H24N4O. The number of nitrogens with zero attached hydrogens (tertiary/aromatic N) is 4. The van der Waals surface area contributed by atoms with Crippen LogP contribution in [0, 0.1) is 0 Å². The molecule has 1 saturated carbocycles. The van der Waals surface area contributed by atoms with Gasteiger partial charge in [0.25, 0.3) is 0 Å². The predicted molar refractivity (Wildman–Crippen MR) is 73.8 cm³/mol. The van der Waals surface area contributed by atoms with Gasteiger partial charge in [-0.15, -0.1) is 5.10 Å². The number of Topliss-reactive ketones (excluding diaryl/α,β-unsaturated/α-hetero) is 1. The SMILES string of the molecule is CCN(CC)C1(C(=O)Cc2cn(C)nn2)CCCC1. The van der Waals surface area contributed by atoms with Crippen LogP contribution in [0.3, 0.4) is 0 Å². The zero-order chi connectivity index (χ0) is 13.9. The molecule has 0 unspecified atom stereocenters. The molecule has 0 saturated heterocycles. The molecule has 5 nitrogen and oxygen atoms in total. The van der Waals surface area contributed by atoms with Gasteiger partial charge in [0.05, 0.1) is 17.7 Å². The monoisotopic (exact) mass is 264 g/mol. The van der Waals surface area contributed by atoms with E-state index in [1.165, 1.54) is 0 Å². The third-order valence-corrected chi connectivity index (χ3v) is 4.31. The second kappa shape index (κ2) is 5.82. The summed E-state index contributed by atoms with van der Waals surface area (Å²) in [5.74, 6) is 0.314. The Morgan fingerprint density at radius 3 is 2.47 bits per heavy atom. The highest BCUT2D eigenvalue weighted by molar-refractivity contribution is 5.90. The Hall–Kier alpha value is -1.23. The van der Waals surface area contributed by atoms with Gasteiger partial charge in [0.1, 0.15) is 0 Å². The lowest BCUT2D eigenvalue weighted by atomic mass is 9.87. The number of likely N-dealkylation sites (N-methyl/N-ethyl adjacent to an activating group) is 1. The van der Waals surface area contributed by atoms with Crippen molar-refractivity contribution in [1.82, 2.24) is 19.9 Å². The van der Waals surface area contributed by atoms with Crippen LogP contribution >= 0.6 is 0 Å². The van der Waals surface area contributed by atoms with Crippen LogP contribution in [0.5, 0.6) is 0 Å². The van der Waals surface area contributed by atoms with Crippen LogP contribution in [0.15, 0.2) is 6.20 Å². The molecule has 1 heterocycles. The number of hydrogen-bond donors (Lipinski definition) is 0. The fraction of sp³-hybridized carbons (Fsp3) is 0.786. The third kappa shape index (κ3) is 2.71. The van der Waals surface area contributed by atoms with Crippen molar-refractivity contribution in [2.45, 2.75) is 51.5 Å². The van der Waals surface area contributed by atoms with Gasteiger partial charge in [0.15, 0.2) is 5.78 Å². The molecule has 2 rings (SSSR count). The lowest BCUT2D eigenvalue weighted by Crippen LogP contribution is -2.53. The number of aromatic nitrogens is 3. The summed E-state index contributed by atoms with van der Waals surface area (Å²) >= 11 is 0. The topological polar surface area (TPSA) is 51.0 Å². The molecule has 0 aromatic carbocycles. The fourth-order valence-electron chi connectivity index (χ4n) is 3.37. The molecule has 0 radical (unpaired) electrons. The molecule has 1 aliphatic carbocycles. The van der Waals surface area contributed by atoms with Gasteiger partial charge in [-0.2, -0.15) is 0 Å². The summed E-state index contributed by atoms with van der Waals surface area (Å²) in [6.45, 7) is 6.14. The van der Waals surface area contributed by atoms with Crippen LogP contribution in [0.4, 0.5) is 0 Å². The standard InChI is InChI=1S/C14H24N4O/c1-4-18(5-2)14(8-6-7-9-14)13(19)10-12-11-17(3)16-15-12/h11H,4-10H2,1-3H3. The minimum absolute atomic E-state index is 0.249. The van der Waals surface area contributed by atoms with Crippen molar-refractivity contribution in [2.24, 2.45) is 7.05 Å². The van der Waals surface area contributed by atoms with Crippen molar-refractivity contribution >= 4 is 5.78 Å². The molecule has 0 aliphatic heterocycles. The highest BCUT2D eigenvalue weighted by atomic mass is 16.1. The van der Waals surface area contributed by atoms with Gasteiger partial charge in [0, 0.05) is 13.2 Å². The molecule has 1 aromatic heterocycles. The van der Waals surface area contributed by atoms with Crippen LogP contribution in [0.1, 0.15) is 45.2 Å². The minimum atomic E-state index is -0.249. The van der Waals surface area contributed by atoms with E-state index in [0.29, 0.717) is 12.2 Å². The fourth-order valence-corrected chi connectivity index (χ4v) is 3.37. The third-order valence-electron chi connectivity index (χ3n) is 4.31. The van der Waals surface area contributed by atoms with Crippen molar-refractivity contribution in [3.8, 4) is 0 Å². The lowest BCUT2D eigenvalue weighted by Gasteiger charge is -2.39. The highest BCUT2D eigenvalue weighted by Crippen LogP contribution is 2.36. The first-order valence-corrected chi connectivity index (χ1v) is 7.26. The number of hydrogen-bond acceptors (Lipinski definition) is 4. The molecule has 0 atom stereocenters. The summed E-state index contributed by atoms with van der Waals surface area (Å²) in [6.07, 6.45) is 6.54. The average Bonchev–Trinajstić information content (AvgIpc) is 3.01. The number of carbonyl (C=O) groups excluding carboxylic acids is 1. The van der Waals surface area contributed by atoms with Crippen LogP contribution in [-0.4, -0.2) is 44.3 Å². The summed E-state index contributed by atoms with van der Waals surface area (Å²) in [5, 5.41) is 7.95. The predicted octanol–water partition coefficient (Wildman–Crippen LogP) is 1.58. The van der Waals surface area contributed by atoms with Gasteiger partial charge in [-0.25, -0.2) is 0 Å². The van der Waals surface area contributed by atoms with Gasteiger partial charge in [-0.05, 0) is 25.9 Å². The largest absolute Gasteiger partial charge is 0.297 e. The number of carbonyl (C=O) groups is 1. The van der Waals surface area contributed by atoms with Gasteiger partial charge in [-0.3, -0.25) is 14.4 Å².